The van der Waals surface area contributed by atoms with Gasteiger partial charge in [0, 0.05) is 6.04 Å². The zero-order valence-electron chi connectivity index (χ0n) is 9.05. The number of rotatable bonds is 2. The van der Waals surface area contributed by atoms with E-state index in [1.165, 1.54) is 11.6 Å². The molecule has 16 heavy (non-hydrogen) atoms. The van der Waals surface area contributed by atoms with Gasteiger partial charge in [0.2, 0.25) is 0 Å². The van der Waals surface area contributed by atoms with E-state index >= 15 is 0 Å². The summed E-state index contributed by atoms with van der Waals surface area (Å²) >= 11 is 5.64. The second-order valence-electron chi connectivity index (χ2n) is 4.31. The first-order chi connectivity index (χ1) is 7.65. The van der Waals surface area contributed by atoms with Gasteiger partial charge < -0.3 is 5.73 Å². The molecule has 2 rings (SSSR count). The standard InChI is InChI=1S/C13H15ClFN/c14-12-5-4-10(8-13(12)15)6-9-2-1-3-11(16)7-9/h4-5,7-8,11H,1-3,6,16H2. The van der Waals surface area contributed by atoms with E-state index < -0.39 is 0 Å². The van der Waals surface area contributed by atoms with Crippen molar-refractivity contribution in [1.29, 1.82) is 0 Å². The first kappa shape index (κ1) is 11.6. The molecule has 0 amide bonds. The third-order valence-electron chi connectivity index (χ3n) is 2.90. The summed E-state index contributed by atoms with van der Waals surface area (Å²) in [7, 11) is 0. The summed E-state index contributed by atoms with van der Waals surface area (Å²) in [5.41, 5.74) is 8.13. The van der Waals surface area contributed by atoms with Crippen LogP contribution in [0.3, 0.4) is 0 Å². The Hall–Kier alpha value is -0.860. The quantitative estimate of drug-likeness (QED) is 0.786. The smallest absolute Gasteiger partial charge is 0.142 e. The van der Waals surface area contributed by atoms with Gasteiger partial charge in [0.05, 0.1) is 5.02 Å². The first-order valence-electron chi connectivity index (χ1n) is 5.54. The van der Waals surface area contributed by atoms with Gasteiger partial charge in [0.25, 0.3) is 0 Å². The van der Waals surface area contributed by atoms with Crippen LogP contribution in [0.4, 0.5) is 4.39 Å². The Labute approximate surface area is 100 Å². The van der Waals surface area contributed by atoms with Gasteiger partial charge in [-0.25, -0.2) is 4.39 Å². The highest BCUT2D eigenvalue weighted by atomic mass is 35.5. The molecule has 0 fully saturated rings. The molecule has 0 spiro atoms. The minimum Gasteiger partial charge on any atom is -0.324 e. The Morgan fingerprint density at radius 2 is 2.25 bits per heavy atom. The highest BCUT2D eigenvalue weighted by Gasteiger charge is 2.10. The zero-order chi connectivity index (χ0) is 11.5. The molecule has 0 heterocycles. The van der Waals surface area contributed by atoms with Crippen LogP contribution in [-0.2, 0) is 6.42 Å². The highest BCUT2D eigenvalue weighted by molar-refractivity contribution is 6.30. The molecule has 1 aliphatic rings. The van der Waals surface area contributed by atoms with Crippen LogP contribution < -0.4 is 5.73 Å². The lowest BCUT2D eigenvalue weighted by Gasteiger charge is -2.17. The maximum Gasteiger partial charge on any atom is 0.142 e. The summed E-state index contributed by atoms with van der Waals surface area (Å²) in [6, 6.07) is 5.14. The van der Waals surface area contributed by atoms with Crippen LogP contribution >= 0.6 is 11.6 Å². The summed E-state index contributed by atoms with van der Waals surface area (Å²) < 4.78 is 13.2. The number of halogens is 2. The fraction of sp³-hybridized carbons (Fsp3) is 0.385. The summed E-state index contributed by atoms with van der Waals surface area (Å²) in [6.07, 6.45) is 6.14. The Morgan fingerprint density at radius 3 is 2.94 bits per heavy atom. The molecule has 1 unspecified atom stereocenters. The predicted octanol–water partition coefficient (Wildman–Crippen LogP) is 3.46. The van der Waals surface area contributed by atoms with Crippen LogP contribution in [0.1, 0.15) is 24.8 Å². The van der Waals surface area contributed by atoms with Crippen LogP contribution in [0, 0.1) is 5.82 Å². The van der Waals surface area contributed by atoms with Gasteiger partial charge in [0.15, 0.2) is 0 Å². The Bertz CT molecular complexity index is 414. The largest absolute Gasteiger partial charge is 0.324 e. The molecular weight excluding hydrogens is 225 g/mol. The molecule has 1 aromatic carbocycles. The van der Waals surface area contributed by atoms with Crippen molar-refractivity contribution >= 4 is 11.6 Å². The maximum atomic E-state index is 13.2. The van der Waals surface area contributed by atoms with Crippen LogP contribution in [0.5, 0.6) is 0 Å². The number of hydrogen-bond acceptors (Lipinski definition) is 1. The molecule has 0 aromatic heterocycles. The fourth-order valence-corrected chi connectivity index (χ4v) is 2.21. The SMILES string of the molecule is NC1C=C(Cc2ccc(Cl)c(F)c2)CCC1. The van der Waals surface area contributed by atoms with Gasteiger partial charge in [-0.3, -0.25) is 0 Å². The molecule has 0 bridgehead atoms. The Balaban J connectivity index is 2.11. The first-order valence-corrected chi connectivity index (χ1v) is 5.92. The molecule has 1 aliphatic carbocycles. The number of hydrogen-bond donors (Lipinski definition) is 1. The van der Waals surface area contributed by atoms with E-state index in [4.69, 9.17) is 17.3 Å². The molecule has 0 aliphatic heterocycles. The molecule has 2 N–H and O–H groups in total. The van der Waals surface area contributed by atoms with Gasteiger partial charge in [-0.2, -0.15) is 0 Å². The van der Waals surface area contributed by atoms with Gasteiger partial charge in [-0.15, -0.1) is 0 Å². The lowest BCUT2D eigenvalue weighted by atomic mass is 9.92. The van der Waals surface area contributed by atoms with E-state index in [0.29, 0.717) is 0 Å². The number of allylic oxidation sites excluding steroid dienone is 1. The molecule has 0 saturated carbocycles. The van der Waals surface area contributed by atoms with Crippen molar-refractivity contribution in [3.63, 3.8) is 0 Å². The number of benzene rings is 1. The van der Waals surface area contributed by atoms with Crippen molar-refractivity contribution < 1.29 is 4.39 Å². The van der Waals surface area contributed by atoms with Crippen molar-refractivity contribution in [3.05, 3.63) is 46.3 Å². The second kappa shape index (κ2) is 4.98. The Kier molecular flexibility index (Phi) is 3.62. The van der Waals surface area contributed by atoms with Crippen LogP contribution in [0.25, 0.3) is 0 Å². The average molecular weight is 240 g/mol. The molecule has 0 radical (unpaired) electrons. The average Bonchev–Trinajstić information content (AvgIpc) is 2.24. The molecule has 1 aromatic rings. The number of nitrogens with two attached hydrogens (primary N) is 1. The third kappa shape index (κ3) is 2.83. The lowest BCUT2D eigenvalue weighted by molar-refractivity contribution is 0.613. The normalized spacial score (nSPS) is 20.7. The van der Waals surface area contributed by atoms with Crippen LogP contribution in [0.2, 0.25) is 5.02 Å². The summed E-state index contributed by atoms with van der Waals surface area (Å²) in [5.74, 6) is -0.347. The predicted molar refractivity (Wildman–Crippen MR) is 65.0 cm³/mol. The van der Waals surface area contributed by atoms with E-state index in [0.717, 1.165) is 31.2 Å². The highest BCUT2D eigenvalue weighted by Crippen LogP contribution is 2.23. The van der Waals surface area contributed by atoms with Crippen molar-refractivity contribution in [2.24, 2.45) is 5.73 Å². The van der Waals surface area contributed by atoms with Gasteiger partial charge in [-0.05, 0) is 43.4 Å². The van der Waals surface area contributed by atoms with E-state index in [-0.39, 0.29) is 16.9 Å². The molecule has 1 nitrogen and oxygen atoms in total. The van der Waals surface area contributed by atoms with E-state index in [2.05, 4.69) is 6.08 Å². The maximum absolute atomic E-state index is 13.2. The molecule has 1 atom stereocenters. The topological polar surface area (TPSA) is 26.0 Å². The van der Waals surface area contributed by atoms with Crippen LogP contribution in [0.15, 0.2) is 29.8 Å². The van der Waals surface area contributed by atoms with Crippen molar-refractivity contribution in [3.8, 4) is 0 Å². The van der Waals surface area contributed by atoms with Crippen molar-refractivity contribution in [1.82, 2.24) is 0 Å². The van der Waals surface area contributed by atoms with E-state index in [1.54, 1.807) is 6.07 Å². The zero-order valence-corrected chi connectivity index (χ0v) is 9.80. The molecule has 86 valence electrons. The summed E-state index contributed by atoms with van der Waals surface area (Å²) in [4.78, 5) is 0. The molecule has 3 heteroatoms. The van der Waals surface area contributed by atoms with Gasteiger partial charge in [0.1, 0.15) is 5.82 Å². The van der Waals surface area contributed by atoms with Gasteiger partial charge >= 0.3 is 0 Å². The second-order valence-corrected chi connectivity index (χ2v) is 4.71. The molecule has 0 saturated heterocycles. The summed E-state index contributed by atoms with van der Waals surface area (Å²) in [6.45, 7) is 0. The monoisotopic (exact) mass is 239 g/mol. The third-order valence-corrected chi connectivity index (χ3v) is 3.21. The molecular formula is C13H15ClFN. The Morgan fingerprint density at radius 1 is 1.44 bits per heavy atom. The van der Waals surface area contributed by atoms with Gasteiger partial charge in [-0.1, -0.05) is 29.3 Å². The minimum absolute atomic E-state index is 0.167. The fourth-order valence-electron chi connectivity index (χ4n) is 2.09. The van der Waals surface area contributed by atoms with Crippen molar-refractivity contribution in [2.75, 3.05) is 0 Å². The van der Waals surface area contributed by atoms with E-state index in [1.807, 2.05) is 6.07 Å². The van der Waals surface area contributed by atoms with Crippen molar-refractivity contribution in [2.45, 2.75) is 31.7 Å². The summed E-state index contributed by atoms with van der Waals surface area (Å²) in [5, 5.41) is 0.179. The minimum atomic E-state index is -0.347. The lowest BCUT2D eigenvalue weighted by Crippen LogP contribution is -2.20. The van der Waals surface area contributed by atoms with Crippen LogP contribution in [-0.4, -0.2) is 6.04 Å². The van der Waals surface area contributed by atoms with E-state index in [9.17, 15) is 4.39 Å².